The number of benzene rings is 1. The van der Waals surface area contributed by atoms with Crippen LogP contribution in [0.3, 0.4) is 0 Å². The number of hydrogen-bond donors (Lipinski definition) is 0. The van der Waals surface area contributed by atoms with Gasteiger partial charge >= 0.3 is 0 Å². The largest absolute Gasteiger partial charge is 0.347 e. The van der Waals surface area contributed by atoms with Gasteiger partial charge in [0.2, 0.25) is 0 Å². The first kappa shape index (κ1) is 20.5. The average molecular weight is 371 g/mol. The third-order valence-electron chi connectivity index (χ3n) is 4.27. The summed E-state index contributed by atoms with van der Waals surface area (Å²) in [5.74, 6) is -1.27. The normalized spacial score (nSPS) is 11.4. The number of pyridine rings is 1. The molecule has 5 heteroatoms. The van der Waals surface area contributed by atoms with Crippen molar-refractivity contribution in [2.24, 2.45) is 0 Å². The highest BCUT2D eigenvalue weighted by atomic mass is 19.1. The van der Waals surface area contributed by atoms with Crippen molar-refractivity contribution in [2.45, 2.75) is 40.7 Å². The highest BCUT2D eigenvalue weighted by Gasteiger charge is 2.12. The molecule has 0 spiro atoms. The Labute approximate surface area is 157 Å². The van der Waals surface area contributed by atoms with E-state index in [1.807, 2.05) is 32.3 Å². The number of halogens is 2. The van der Waals surface area contributed by atoms with Crippen LogP contribution in [0.5, 0.6) is 0 Å². The molecule has 0 unspecified atom stereocenters. The summed E-state index contributed by atoms with van der Waals surface area (Å²) in [7, 11) is 0. The number of nitrogens with zero attached hydrogens (tertiary/aromatic N) is 1. The van der Waals surface area contributed by atoms with E-state index in [4.69, 9.17) is 0 Å². The van der Waals surface area contributed by atoms with Crippen LogP contribution in [0.15, 0.2) is 46.9 Å². The SMILES string of the molecule is CCCn1cc(C=O)c(=O)cc1/C(C)=C/C(=C(C)C)c1ccc(F)cc1F. The smallest absolute Gasteiger partial charge is 0.192 e. The van der Waals surface area contributed by atoms with Crippen LogP contribution in [0.1, 0.15) is 55.7 Å². The highest BCUT2D eigenvalue weighted by molar-refractivity contribution is 5.84. The number of carbonyl (C=O) groups excluding carboxylic acids is 1. The second kappa shape index (κ2) is 8.71. The molecular weight excluding hydrogens is 348 g/mol. The predicted octanol–water partition coefficient (Wildman–Crippen LogP) is 5.25. The van der Waals surface area contributed by atoms with Crippen molar-refractivity contribution >= 4 is 17.4 Å². The Morgan fingerprint density at radius 1 is 1.15 bits per heavy atom. The number of allylic oxidation sites excluding steroid dienone is 4. The van der Waals surface area contributed by atoms with Crippen molar-refractivity contribution in [3.63, 3.8) is 0 Å². The molecule has 0 atom stereocenters. The van der Waals surface area contributed by atoms with Gasteiger partial charge in [0.25, 0.3) is 0 Å². The van der Waals surface area contributed by atoms with E-state index in [0.29, 0.717) is 29.7 Å². The number of aldehydes is 1. The Morgan fingerprint density at radius 3 is 2.41 bits per heavy atom. The van der Waals surface area contributed by atoms with Gasteiger partial charge in [0.05, 0.1) is 5.56 Å². The molecule has 0 radical (unpaired) electrons. The van der Waals surface area contributed by atoms with E-state index < -0.39 is 11.6 Å². The van der Waals surface area contributed by atoms with Crippen molar-refractivity contribution in [2.75, 3.05) is 0 Å². The standard InChI is InChI=1S/C22H23F2NO2/c1-5-8-25-12-16(13-26)22(27)11-21(25)15(4)9-19(14(2)3)18-7-6-17(23)10-20(18)24/h6-7,9-13H,5,8H2,1-4H3/b15-9+. The third kappa shape index (κ3) is 4.67. The van der Waals surface area contributed by atoms with Crippen LogP contribution in [0.4, 0.5) is 8.78 Å². The second-order valence-corrected chi connectivity index (χ2v) is 6.65. The third-order valence-corrected chi connectivity index (χ3v) is 4.27. The summed E-state index contributed by atoms with van der Waals surface area (Å²) >= 11 is 0. The van der Waals surface area contributed by atoms with Gasteiger partial charge in [-0.05, 0) is 56.5 Å². The summed E-state index contributed by atoms with van der Waals surface area (Å²) in [5.41, 5.74) is 2.93. The fourth-order valence-corrected chi connectivity index (χ4v) is 2.94. The molecule has 0 saturated carbocycles. The van der Waals surface area contributed by atoms with Crippen LogP contribution >= 0.6 is 0 Å². The summed E-state index contributed by atoms with van der Waals surface area (Å²) in [6.45, 7) is 8.15. The molecule has 0 bridgehead atoms. The van der Waals surface area contributed by atoms with Crippen molar-refractivity contribution in [3.05, 3.63) is 80.8 Å². The number of carbonyl (C=O) groups is 1. The van der Waals surface area contributed by atoms with E-state index in [1.165, 1.54) is 18.2 Å². The second-order valence-electron chi connectivity index (χ2n) is 6.65. The van der Waals surface area contributed by atoms with Gasteiger partial charge in [0.15, 0.2) is 11.7 Å². The minimum Gasteiger partial charge on any atom is -0.347 e. The van der Waals surface area contributed by atoms with Gasteiger partial charge in [0, 0.05) is 36.1 Å². The van der Waals surface area contributed by atoms with Gasteiger partial charge < -0.3 is 4.57 Å². The van der Waals surface area contributed by atoms with E-state index in [2.05, 4.69) is 0 Å². The van der Waals surface area contributed by atoms with Gasteiger partial charge in [0.1, 0.15) is 11.6 Å². The van der Waals surface area contributed by atoms with Gasteiger partial charge in [-0.3, -0.25) is 9.59 Å². The zero-order valence-electron chi connectivity index (χ0n) is 16.0. The fourth-order valence-electron chi connectivity index (χ4n) is 2.94. The van der Waals surface area contributed by atoms with E-state index >= 15 is 0 Å². The molecule has 27 heavy (non-hydrogen) atoms. The van der Waals surface area contributed by atoms with Crippen LogP contribution in [0.25, 0.3) is 11.1 Å². The first-order valence-electron chi connectivity index (χ1n) is 8.79. The lowest BCUT2D eigenvalue weighted by atomic mass is 9.97. The quantitative estimate of drug-likeness (QED) is 0.514. The minimum absolute atomic E-state index is 0.104. The van der Waals surface area contributed by atoms with Crippen LogP contribution in [0, 0.1) is 11.6 Å². The molecule has 3 nitrogen and oxygen atoms in total. The van der Waals surface area contributed by atoms with Crippen molar-refractivity contribution in [1.82, 2.24) is 4.57 Å². The van der Waals surface area contributed by atoms with E-state index in [-0.39, 0.29) is 11.0 Å². The van der Waals surface area contributed by atoms with E-state index in [9.17, 15) is 18.4 Å². The van der Waals surface area contributed by atoms with Gasteiger partial charge in [-0.1, -0.05) is 12.5 Å². The van der Waals surface area contributed by atoms with Crippen molar-refractivity contribution < 1.29 is 13.6 Å². The maximum Gasteiger partial charge on any atom is 0.192 e. The first-order valence-corrected chi connectivity index (χ1v) is 8.79. The Morgan fingerprint density at radius 2 is 1.85 bits per heavy atom. The number of hydrogen-bond acceptors (Lipinski definition) is 2. The summed E-state index contributed by atoms with van der Waals surface area (Å²) in [5, 5.41) is 0. The predicted molar refractivity (Wildman–Crippen MR) is 105 cm³/mol. The maximum atomic E-state index is 14.3. The van der Waals surface area contributed by atoms with Gasteiger partial charge in [-0.2, -0.15) is 0 Å². The zero-order chi connectivity index (χ0) is 20.1. The molecule has 1 aromatic heterocycles. The topological polar surface area (TPSA) is 39.1 Å². The molecule has 1 aromatic carbocycles. The Kier molecular flexibility index (Phi) is 6.61. The number of aromatic nitrogens is 1. The lowest BCUT2D eigenvalue weighted by Gasteiger charge is -2.15. The van der Waals surface area contributed by atoms with Crippen LogP contribution in [-0.4, -0.2) is 10.9 Å². The van der Waals surface area contributed by atoms with Gasteiger partial charge in [-0.25, -0.2) is 8.78 Å². The Bertz CT molecular complexity index is 980. The van der Waals surface area contributed by atoms with E-state index in [0.717, 1.165) is 23.6 Å². The fraction of sp³-hybridized carbons (Fsp3) is 0.273. The number of aryl methyl sites for hydroxylation is 1. The molecule has 0 aliphatic heterocycles. The summed E-state index contributed by atoms with van der Waals surface area (Å²) in [6, 6.07) is 4.91. The molecular formula is C22H23F2NO2. The molecule has 0 fully saturated rings. The van der Waals surface area contributed by atoms with Crippen LogP contribution in [-0.2, 0) is 6.54 Å². The molecule has 0 amide bonds. The van der Waals surface area contributed by atoms with Crippen molar-refractivity contribution in [1.29, 1.82) is 0 Å². The van der Waals surface area contributed by atoms with Crippen LogP contribution in [0.2, 0.25) is 0 Å². The summed E-state index contributed by atoms with van der Waals surface area (Å²) in [6.07, 6.45) is 4.70. The minimum atomic E-state index is -0.641. The molecule has 2 rings (SSSR count). The summed E-state index contributed by atoms with van der Waals surface area (Å²) < 4.78 is 29.4. The van der Waals surface area contributed by atoms with Crippen LogP contribution < -0.4 is 5.43 Å². The van der Waals surface area contributed by atoms with Crippen molar-refractivity contribution in [3.8, 4) is 0 Å². The zero-order valence-corrected chi connectivity index (χ0v) is 16.0. The summed E-state index contributed by atoms with van der Waals surface area (Å²) in [4.78, 5) is 23.2. The first-order chi connectivity index (χ1) is 12.8. The molecule has 0 saturated heterocycles. The molecule has 0 aliphatic carbocycles. The molecule has 1 heterocycles. The molecule has 2 aromatic rings. The van der Waals surface area contributed by atoms with Gasteiger partial charge in [-0.15, -0.1) is 0 Å². The monoisotopic (exact) mass is 371 g/mol. The molecule has 0 N–H and O–H groups in total. The average Bonchev–Trinajstić information content (AvgIpc) is 2.61. The lowest BCUT2D eigenvalue weighted by molar-refractivity contribution is 0.112. The number of rotatable bonds is 6. The maximum absolute atomic E-state index is 14.3. The lowest BCUT2D eigenvalue weighted by Crippen LogP contribution is -2.16. The Balaban J connectivity index is 2.63. The molecule has 142 valence electrons. The Hall–Kier alpha value is -2.82. The molecule has 0 aliphatic rings. The highest BCUT2D eigenvalue weighted by Crippen LogP contribution is 2.27. The van der Waals surface area contributed by atoms with E-state index in [1.54, 1.807) is 12.3 Å².